The summed E-state index contributed by atoms with van der Waals surface area (Å²) in [5.74, 6) is 1.47. The number of carboxylic acid groups (broad SMARTS) is 1. The zero-order valence-corrected chi connectivity index (χ0v) is 21.3. The van der Waals surface area contributed by atoms with Gasteiger partial charge in [0, 0.05) is 35.5 Å². The van der Waals surface area contributed by atoms with E-state index in [2.05, 4.69) is 62.4 Å². The van der Waals surface area contributed by atoms with E-state index in [-0.39, 0.29) is 40.6 Å². The summed E-state index contributed by atoms with van der Waals surface area (Å²) in [5.41, 5.74) is 2.55. The average Bonchev–Trinajstić information content (AvgIpc) is 2.75. The Labute approximate surface area is 223 Å². The van der Waals surface area contributed by atoms with Crippen LogP contribution in [0.3, 0.4) is 0 Å². The lowest BCUT2D eigenvalue weighted by molar-refractivity contribution is -0.137. The summed E-state index contributed by atoms with van der Waals surface area (Å²) in [7, 11) is 1.67. The predicted octanol–water partition coefficient (Wildman–Crippen LogP) is 8.72. The molecule has 0 aliphatic rings. The van der Waals surface area contributed by atoms with E-state index < -0.39 is 5.97 Å². The monoisotopic (exact) mass is 524 g/mol. The molecule has 4 nitrogen and oxygen atoms in total. The molecule has 1 atom stereocenters. The molecule has 0 aliphatic carbocycles. The fourth-order valence-electron chi connectivity index (χ4n) is 2.77. The molecule has 1 unspecified atom stereocenters. The third-order valence-corrected chi connectivity index (χ3v) is 6.80. The van der Waals surface area contributed by atoms with Crippen LogP contribution in [0.5, 0.6) is 0 Å². The maximum absolute atomic E-state index is 11.0. The van der Waals surface area contributed by atoms with Crippen molar-refractivity contribution in [3.8, 4) is 0 Å². The highest BCUT2D eigenvalue weighted by molar-refractivity contribution is 7.99. The average molecular weight is 525 g/mol. The van der Waals surface area contributed by atoms with Crippen molar-refractivity contribution in [2.24, 2.45) is 0 Å². The molecule has 6 heteroatoms. The van der Waals surface area contributed by atoms with Gasteiger partial charge in [-0.25, -0.2) is 0 Å². The highest BCUT2D eigenvalue weighted by Crippen LogP contribution is 2.21. The Bertz CT molecular complexity index is 789. The SMILES string of the molecule is C.C.C.COC(CCSc1ccc(C)cc1)CC(C)=O.Cc1ccc(SCCCCC(=O)O)cc1. The van der Waals surface area contributed by atoms with Gasteiger partial charge in [-0.2, -0.15) is 0 Å². The largest absolute Gasteiger partial charge is 0.481 e. The molecule has 0 saturated heterocycles. The van der Waals surface area contributed by atoms with Crippen LogP contribution in [-0.4, -0.2) is 41.6 Å². The second-order valence-corrected chi connectivity index (χ2v) is 10.1. The normalized spacial score (nSPS) is 10.4. The van der Waals surface area contributed by atoms with Gasteiger partial charge in [0.05, 0.1) is 6.10 Å². The van der Waals surface area contributed by atoms with E-state index in [4.69, 9.17) is 9.84 Å². The van der Waals surface area contributed by atoms with E-state index in [9.17, 15) is 9.59 Å². The minimum atomic E-state index is -0.699. The number of Topliss-reactive ketones (excluding diaryl/α,β-unsaturated/α-hetero) is 1. The van der Waals surface area contributed by atoms with Gasteiger partial charge in [-0.05, 0) is 70.1 Å². The highest BCUT2D eigenvalue weighted by atomic mass is 32.2. The molecule has 200 valence electrons. The van der Waals surface area contributed by atoms with Crippen molar-refractivity contribution >= 4 is 35.3 Å². The van der Waals surface area contributed by atoms with Crippen LogP contribution in [0.1, 0.15) is 72.4 Å². The number of benzene rings is 2. The lowest BCUT2D eigenvalue weighted by Gasteiger charge is -2.13. The van der Waals surface area contributed by atoms with Crippen LogP contribution < -0.4 is 0 Å². The Balaban J connectivity index is -0.000000542. The molecule has 2 aromatic rings. The van der Waals surface area contributed by atoms with Gasteiger partial charge in [-0.3, -0.25) is 9.59 Å². The van der Waals surface area contributed by atoms with Crippen molar-refractivity contribution in [1.29, 1.82) is 0 Å². The molecule has 0 saturated carbocycles. The quantitative estimate of drug-likeness (QED) is 0.209. The zero-order valence-electron chi connectivity index (χ0n) is 19.6. The summed E-state index contributed by atoms with van der Waals surface area (Å²) in [4.78, 5) is 23.8. The van der Waals surface area contributed by atoms with Gasteiger partial charge >= 0.3 is 5.97 Å². The Morgan fingerprint density at radius 2 is 1.29 bits per heavy atom. The zero-order chi connectivity index (χ0) is 23.8. The number of carboxylic acids is 1. The standard InChI is InChI=1S/C14H20O2S.C12H16O2S.3CH4/c1-11-4-6-14(7-5-11)17-9-8-13(16-3)10-12(2)15;1-10-5-7-11(8-6-10)15-9-3-2-4-12(13)14;;;/h4-7,13H,8-10H2,1-3H3;5-8H,2-4,9H2,1H3,(H,13,14);3*1H4. The summed E-state index contributed by atoms with van der Waals surface area (Å²) >= 11 is 3.60. The topological polar surface area (TPSA) is 63.6 Å². The van der Waals surface area contributed by atoms with Crippen molar-refractivity contribution in [2.75, 3.05) is 18.6 Å². The Kier molecular flexibility index (Phi) is 24.5. The second kappa shape index (κ2) is 22.7. The molecule has 0 radical (unpaired) electrons. The summed E-state index contributed by atoms with van der Waals surface area (Å²) in [6.07, 6.45) is 3.51. The van der Waals surface area contributed by atoms with Crippen LogP contribution in [-0.2, 0) is 14.3 Å². The van der Waals surface area contributed by atoms with Crippen molar-refractivity contribution < 1.29 is 19.4 Å². The number of rotatable bonds is 13. The first-order valence-electron chi connectivity index (χ1n) is 10.9. The molecular formula is C29H48O4S2. The van der Waals surface area contributed by atoms with E-state index in [1.807, 2.05) is 11.8 Å². The maximum Gasteiger partial charge on any atom is 0.303 e. The number of carbonyl (C=O) groups excluding carboxylic acids is 1. The molecule has 0 amide bonds. The minimum absolute atomic E-state index is 0. The van der Waals surface area contributed by atoms with Crippen LogP contribution in [0.4, 0.5) is 0 Å². The third kappa shape index (κ3) is 20.2. The van der Waals surface area contributed by atoms with E-state index in [0.29, 0.717) is 6.42 Å². The van der Waals surface area contributed by atoms with Gasteiger partial charge in [0.25, 0.3) is 0 Å². The van der Waals surface area contributed by atoms with Crippen molar-refractivity contribution in [3.05, 3.63) is 59.7 Å². The fraction of sp³-hybridized carbons (Fsp3) is 0.517. The molecule has 0 bridgehead atoms. The van der Waals surface area contributed by atoms with Gasteiger partial charge in [0.15, 0.2) is 0 Å². The Morgan fingerprint density at radius 3 is 1.69 bits per heavy atom. The van der Waals surface area contributed by atoms with Crippen molar-refractivity contribution in [3.63, 3.8) is 0 Å². The number of hydrogen-bond donors (Lipinski definition) is 1. The molecule has 0 aromatic heterocycles. The fourth-order valence-corrected chi connectivity index (χ4v) is 4.63. The number of unbranched alkanes of at least 4 members (excludes halogenated alkanes) is 1. The lowest BCUT2D eigenvalue weighted by atomic mass is 10.1. The Morgan fingerprint density at radius 1 is 0.829 bits per heavy atom. The van der Waals surface area contributed by atoms with Crippen molar-refractivity contribution in [2.45, 2.75) is 91.1 Å². The number of methoxy groups -OCH3 is 1. The van der Waals surface area contributed by atoms with Gasteiger partial charge in [0.2, 0.25) is 0 Å². The number of ether oxygens (including phenoxy) is 1. The first kappa shape index (κ1) is 37.8. The van der Waals surface area contributed by atoms with E-state index in [0.717, 1.165) is 30.8 Å². The number of aryl methyl sites for hydroxylation is 2. The van der Waals surface area contributed by atoms with Crippen LogP contribution in [0, 0.1) is 13.8 Å². The molecule has 35 heavy (non-hydrogen) atoms. The first-order valence-corrected chi connectivity index (χ1v) is 12.9. The maximum atomic E-state index is 11.0. The highest BCUT2D eigenvalue weighted by Gasteiger charge is 2.09. The number of carbonyl (C=O) groups is 2. The molecular weight excluding hydrogens is 476 g/mol. The Hall–Kier alpha value is -1.76. The van der Waals surface area contributed by atoms with Gasteiger partial charge in [-0.15, -0.1) is 23.5 Å². The summed E-state index contributed by atoms with van der Waals surface area (Å²) in [6.45, 7) is 5.77. The van der Waals surface area contributed by atoms with E-state index in [1.165, 1.54) is 20.9 Å². The van der Waals surface area contributed by atoms with Crippen molar-refractivity contribution in [1.82, 2.24) is 0 Å². The number of hydrogen-bond acceptors (Lipinski definition) is 5. The molecule has 0 heterocycles. The molecule has 0 aliphatic heterocycles. The molecule has 2 rings (SSSR count). The van der Waals surface area contributed by atoms with Gasteiger partial charge in [0.1, 0.15) is 5.78 Å². The third-order valence-electron chi connectivity index (χ3n) is 4.65. The molecule has 1 N–H and O–H groups in total. The number of aliphatic carboxylic acids is 1. The molecule has 0 fully saturated rings. The van der Waals surface area contributed by atoms with E-state index in [1.54, 1.807) is 25.8 Å². The molecule has 0 spiro atoms. The summed E-state index contributed by atoms with van der Waals surface area (Å²) in [5, 5.41) is 8.45. The van der Waals surface area contributed by atoms with Gasteiger partial charge < -0.3 is 9.84 Å². The first-order chi connectivity index (χ1) is 15.3. The minimum Gasteiger partial charge on any atom is -0.481 e. The smallest absolute Gasteiger partial charge is 0.303 e. The predicted molar refractivity (Wildman–Crippen MR) is 156 cm³/mol. The summed E-state index contributed by atoms with van der Waals surface area (Å²) < 4.78 is 5.28. The van der Waals surface area contributed by atoms with Crippen LogP contribution >= 0.6 is 23.5 Å². The number of ketones is 1. The van der Waals surface area contributed by atoms with Crippen LogP contribution in [0.25, 0.3) is 0 Å². The van der Waals surface area contributed by atoms with Crippen LogP contribution in [0.2, 0.25) is 0 Å². The molecule has 2 aromatic carbocycles. The summed E-state index contributed by atoms with van der Waals surface area (Å²) in [6, 6.07) is 16.9. The van der Waals surface area contributed by atoms with Crippen LogP contribution in [0.15, 0.2) is 58.3 Å². The van der Waals surface area contributed by atoms with E-state index >= 15 is 0 Å². The van der Waals surface area contributed by atoms with Gasteiger partial charge in [-0.1, -0.05) is 57.7 Å². The second-order valence-electron chi connectivity index (χ2n) is 7.73. The number of thioether (sulfide) groups is 2. The lowest BCUT2D eigenvalue weighted by Crippen LogP contribution is -2.15.